The Labute approximate surface area is 141 Å². The Morgan fingerprint density at radius 3 is 2.78 bits per heavy atom. The van der Waals surface area contributed by atoms with Crippen LogP contribution in [0.15, 0.2) is 46.9 Å². The zero-order valence-electron chi connectivity index (χ0n) is 13.4. The van der Waals surface area contributed by atoms with E-state index in [0.717, 1.165) is 37.3 Å². The van der Waals surface area contributed by atoms with Crippen LogP contribution in [0.3, 0.4) is 0 Å². The molecule has 2 aromatic rings. The smallest absolute Gasteiger partial charge is 0.119 e. The minimum Gasteiger partial charge on any atom is -0.494 e. The van der Waals surface area contributed by atoms with Gasteiger partial charge in [-0.15, -0.1) is 11.3 Å². The standard InChI is InChI=1S/C18H23N3OS/c1-2-11-22-16-7-5-15(6-8-16)21-17(18-4-3-12-23-18)13-14(20-21)9-10-19/h3-8,12,17H,2,9-11,13,19H2,1H3. The molecule has 0 amide bonds. The van der Waals surface area contributed by atoms with Gasteiger partial charge in [0.25, 0.3) is 0 Å². The van der Waals surface area contributed by atoms with Crippen molar-refractivity contribution < 1.29 is 4.74 Å². The van der Waals surface area contributed by atoms with E-state index in [2.05, 4.69) is 41.6 Å². The second-order valence-corrected chi connectivity index (χ2v) is 6.61. The molecular formula is C18H23N3OS. The van der Waals surface area contributed by atoms with Gasteiger partial charge in [-0.25, -0.2) is 0 Å². The van der Waals surface area contributed by atoms with Crippen molar-refractivity contribution in [1.82, 2.24) is 0 Å². The van der Waals surface area contributed by atoms with Gasteiger partial charge >= 0.3 is 0 Å². The van der Waals surface area contributed by atoms with Gasteiger partial charge in [0.05, 0.1) is 18.3 Å². The third-order valence-corrected chi connectivity index (χ3v) is 4.83. The zero-order valence-corrected chi connectivity index (χ0v) is 14.3. The van der Waals surface area contributed by atoms with Gasteiger partial charge in [-0.1, -0.05) is 13.0 Å². The highest BCUT2D eigenvalue weighted by atomic mass is 32.1. The number of thiophene rings is 1. The minimum atomic E-state index is 0.277. The molecule has 1 unspecified atom stereocenters. The van der Waals surface area contributed by atoms with Crippen molar-refractivity contribution in [3.05, 3.63) is 46.7 Å². The minimum absolute atomic E-state index is 0.277. The highest BCUT2D eigenvalue weighted by Crippen LogP contribution is 2.38. The third kappa shape index (κ3) is 3.74. The molecule has 0 fully saturated rings. The molecule has 5 heteroatoms. The van der Waals surface area contributed by atoms with E-state index >= 15 is 0 Å². The fourth-order valence-electron chi connectivity index (χ4n) is 2.75. The lowest BCUT2D eigenvalue weighted by molar-refractivity contribution is 0.317. The maximum Gasteiger partial charge on any atom is 0.119 e. The first-order chi connectivity index (χ1) is 11.3. The van der Waals surface area contributed by atoms with Gasteiger partial charge in [0, 0.05) is 17.0 Å². The average Bonchev–Trinajstić information content (AvgIpc) is 3.23. The molecule has 23 heavy (non-hydrogen) atoms. The predicted octanol–water partition coefficient (Wildman–Crippen LogP) is 4.19. The first-order valence-corrected chi connectivity index (χ1v) is 9.01. The number of hydrazone groups is 1. The lowest BCUT2D eigenvalue weighted by Gasteiger charge is -2.23. The third-order valence-electron chi connectivity index (χ3n) is 3.85. The Hall–Kier alpha value is -1.85. The predicted molar refractivity (Wildman–Crippen MR) is 97.5 cm³/mol. The van der Waals surface area contributed by atoms with Gasteiger partial charge < -0.3 is 10.5 Å². The fraction of sp³-hybridized carbons (Fsp3) is 0.389. The van der Waals surface area contributed by atoms with E-state index in [0.29, 0.717) is 6.54 Å². The number of hydrogen-bond acceptors (Lipinski definition) is 5. The quantitative estimate of drug-likeness (QED) is 0.828. The molecule has 4 nitrogen and oxygen atoms in total. The summed E-state index contributed by atoms with van der Waals surface area (Å²) in [5.74, 6) is 0.911. The monoisotopic (exact) mass is 329 g/mol. The number of benzene rings is 1. The Morgan fingerprint density at radius 1 is 1.30 bits per heavy atom. The van der Waals surface area contributed by atoms with Crippen molar-refractivity contribution >= 4 is 22.7 Å². The van der Waals surface area contributed by atoms with Crippen LogP contribution in [0.2, 0.25) is 0 Å². The lowest BCUT2D eigenvalue weighted by atomic mass is 10.1. The summed E-state index contributed by atoms with van der Waals surface area (Å²) in [5.41, 5.74) is 7.98. The van der Waals surface area contributed by atoms with E-state index in [-0.39, 0.29) is 6.04 Å². The van der Waals surface area contributed by atoms with Gasteiger partial charge in [0.2, 0.25) is 0 Å². The summed E-state index contributed by atoms with van der Waals surface area (Å²) in [7, 11) is 0. The van der Waals surface area contributed by atoms with E-state index in [9.17, 15) is 0 Å². The number of hydrogen-bond donors (Lipinski definition) is 1. The zero-order chi connectivity index (χ0) is 16.1. The molecule has 122 valence electrons. The van der Waals surface area contributed by atoms with Crippen LogP contribution in [0.25, 0.3) is 0 Å². The van der Waals surface area contributed by atoms with Gasteiger partial charge in [0.15, 0.2) is 0 Å². The molecule has 1 aliphatic rings. The molecule has 0 bridgehead atoms. The number of ether oxygens (including phenoxy) is 1. The summed E-state index contributed by atoms with van der Waals surface area (Å²) < 4.78 is 5.66. The highest BCUT2D eigenvalue weighted by molar-refractivity contribution is 7.10. The Morgan fingerprint density at radius 2 is 2.13 bits per heavy atom. The van der Waals surface area contributed by atoms with Gasteiger partial charge in [-0.3, -0.25) is 5.01 Å². The van der Waals surface area contributed by atoms with Gasteiger partial charge in [-0.2, -0.15) is 5.10 Å². The van der Waals surface area contributed by atoms with Crippen LogP contribution in [0, 0.1) is 0 Å². The van der Waals surface area contributed by atoms with Crippen LogP contribution in [0.5, 0.6) is 5.75 Å². The van der Waals surface area contributed by atoms with Gasteiger partial charge in [-0.05, 0) is 55.1 Å². The Kier molecular flexibility index (Phi) is 5.31. The SMILES string of the molecule is CCCOc1ccc(N2N=C(CCN)CC2c2cccs2)cc1. The Balaban J connectivity index is 1.81. The van der Waals surface area contributed by atoms with Crippen LogP contribution < -0.4 is 15.5 Å². The fourth-order valence-corrected chi connectivity index (χ4v) is 3.56. The molecule has 0 spiro atoms. The Bertz CT molecular complexity index is 637. The maximum atomic E-state index is 5.71. The molecule has 3 rings (SSSR count). The largest absolute Gasteiger partial charge is 0.494 e. The first-order valence-electron chi connectivity index (χ1n) is 8.13. The second-order valence-electron chi connectivity index (χ2n) is 5.63. The topological polar surface area (TPSA) is 50.8 Å². The van der Waals surface area contributed by atoms with Crippen LogP contribution >= 0.6 is 11.3 Å². The molecular weight excluding hydrogens is 306 g/mol. The first kappa shape index (κ1) is 16.0. The number of anilines is 1. The van der Waals surface area contributed by atoms with E-state index in [1.807, 2.05) is 12.1 Å². The van der Waals surface area contributed by atoms with Crippen molar-refractivity contribution in [3.63, 3.8) is 0 Å². The van der Waals surface area contributed by atoms with Crippen LogP contribution in [0.1, 0.15) is 37.1 Å². The number of nitrogens with two attached hydrogens (primary N) is 1. The van der Waals surface area contributed by atoms with Crippen molar-refractivity contribution in [2.75, 3.05) is 18.2 Å². The van der Waals surface area contributed by atoms with E-state index < -0.39 is 0 Å². The van der Waals surface area contributed by atoms with Crippen molar-refractivity contribution in [3.8, 4) is 5.75 Å². The number of rotatable bonds is 7. The molecule has 0 radical (unpaired) electrons. The summed E-state index contributed by atoms with van der Waals surface area (Å²) >= 11 is 1.78. The summed E-state index contributed by atoms with van der Waals surface area (Å²) in [6.07, 6.45) is 2.82. The molecule has 1 atom stereocenters. The van der Waals surface area contributed by atoms with E-state index in [1.165, 1.54) is 10.6 Å². The van der Waals surface area contributed by atoms with E-state index in [1.54, 1.807) is 11.3 Å². The van der Waals surface area contributed by atoms with E-state index in [4.69, 9.17) is 15.6 Å². The average molecular weight is 329 g/mol. The van der Waals surface area contributed by atoms with Gasteiger partial charge in [0.1, 0.15) is 5.75 Å². The number of nitrogens with zero attached hydrogens (tertiary/aromatic N) is 2. The molecule has 0 aliphatic carbocycles. The lowest BCUT2D eigenvalue weighted by Crippen LogP contribution is -2.17. The van der Waals surface area contributed by atoms with Crippen molar-refractivity contribution in [2.24, 2.45) is 10.8 Å². The van der Waals surface area contributed by atoms with Crippen molar-refractivity contribution in [2.45, 2.75) is 32.2 Å². The molecule has 1 aliphatic heterocycles. The summed E-state index contributed by atoms with van der Waals surface area (Å²) in [6, 6.07) is 12.8. The highest BCUT2D eigenvalue weighted by Gasteiger charge is 2.29. The molecule has 2 N–H and O–H groups in total. The van der Waals surface area contributed by atoms with Crippen molar-refractivity contribution in [1.29, 1.82) is 0 Å². The van der Waals surface area contributed by atoms with Crippen LogP contribution in [-0.2, 0) is 0 Å². The molecule has 0 saturated carbocycles. The summed E-state index contributed by atoms with van der Waals surface area (Å²) in [4.78, 5) is 1.34. The maximum absolute atomic E-state index is 5.71. The second kappa shape index (κ2) is 7.62. The molecule has 2 heterocycles. The summed E-state index contributed by atoms with van der Waals surface area (Å²) in [6.45, 7) is 3.51. The molecule has 1 aromatic heterocycles. The summed E-state index contributed by atoms with van der Waals surface area (Å²) in [5, 5.41) is 9.06. The van der Waals surface area contributed by atoms with Crippen LogP contribution in [0.4, 0.5) is 5.69 Å². The molecule has 1 aromatic carbocycles. The molecule has 0 saturated heterocycles. The van der Waals surface area contributed by atoms with Crippen LogP contribution in [-0.4, -0.2) is 18.9 Å². The normalized spacial score (nSPS) is 17.4.